The van der Waals surface area contributed by atoms with Gasteiger partial charge in [0.2, 0.25) is 5.91 Å². The van der Waals surface area contributed by atoms with E-state index in [1.165, 1.54) is 0 Å². The highest BCUT2D eigenvalue weighted by atomic mass is 32.2. The van der Waals surface area contributed by atoms with Gasteiger partial charge >= 0.3 is 0 Å². The first kappa shape index (κ1) is 17.9. The van der Waals surface area contributed by atoms with Crippen LogP contribution >= 0.6 is 11.8 Å². The van der Waals surface area contributed by atoms with E-state index in [4.69, 9.17) is 4.42 Å². The van der Waals surface area contributed by atoms with Crippen LogP contribution < -0.4 is 0 Å². The zero-order valence-electron chi connectivity index (χ0n) is 15.4. The van der Waals surface area contributed by atoms with E-state index in [0.717, 1.165) is 68.2 Å². The van der Waals surface area contributed by atoms with Gasteiger partial charge in [-0.1, -0.05) is 18.2 Å². The number of nitrogens with zero attached hydrogens (tertiary/aromatic N) is 3. The Labute approximate surface area is 159 Å². The molecule has 0 aliphatic carbocycles. The van der Waals surface area contributed by atoms with Crippen LogP contribution in [0.25, 0.3) is 11.0 Å². The maximum atomic E-state index is 12.6. The molecule has 2 aliphatic heterocycles. The van der Waals surface area contributed by atoms with Gasteiger partial charge in [0.15, 0.2) is 0 Å². The monoisotopic (exact) mass is 373 g/mol. The Morgan fingerprint density at radius 1 is 1.15 bits per heavy atom. The van der Waals surface area contributed by atoms with Crippen molar-refractivity contribution in [1.82, 2.24) is 14.7 Å². The molecule has 6 heteroatoms. The minimum atomic E-state index is 0.0103. The van der Waals surface area contributed by atoms with Crippen LogP contribution in [0.15, 0.2) is 34.7 Å². The number of amides is 1. The molecule has 4 rings (SSSR count). The predicted octanol–water partition coefficient (Wildman–Crippen LogP) is 3.03. The number of fused-ring (bicyclic) bond motifs is 1. The van der Waals surface area contributed by atoms with Crippen molar-refractivity contribution in [1.29, 1.82) is 0 Å². The summed E-state index contributed by atoms with van der Waals surface area (Å²) in [6, 6.07) is 10.2. The molecule has 2 saturated heterocycles. The van der Waals surface area contributed by atoms with Gasteiger partial charge in [-0.05, 0) is 32.1 Å². The summed E-state index contributed by atoms with van der Waals surface area (Å²) in [5.41, 5.74) is 0.901. The second kappa shape index (κ2) is 8.03. The molecular formula is C20H27N3O2S. The largest absolute Gasteiger partial charge is 0.458 e. The van der Waals surface area contributed by atoms with Crippen LogP contribution in [-0.4, -0.2) is 72.7 Å². The van der Waals surface area contributed by atoms with Gasteiger partial charge in [-0.2, -0.15) is 0 Å². The zero-order valence-corrected chi connectivity index (χ0v) is 16.2. The molecule has 0 saturated carbocycles. The van der Waals surface area contributed by atoms with Crippen molar-refractivity contribution in [3.05, 3.63) is 36.1 Å². The van der Waals surface area contributed by atoms with Gasteiger partial charge < -0.3 is 19.1 Å². The van der Waals surface area contributed by atoms with Crippen LogP contribution in [0.3, 0.4) is 0 Å². The van der Waals surface area contributed by atoms with Gasteiger partial charge in [0, 0.05) is 50.3 Å². The van der Waals surface area contributed by atoms with Gasteiger partial charge in [-0.25, -0.2) is 0 Å². The van der Waals surface area contributed by atoms with E-state index in [9.17, 15) is 4.79 Å². The van der Waals surface area contributed by atoms with Crippen LogP contribution in [0.1, 0.15) is 24.0 Å². The van der Waals surface area contributed by atoms with E-state index >= 15 is 0 Å². The first-order valence-corrected chi connectivity index (χ1v) is 10.6. The zero-order chi connectivity index (χ0) is 17.9. The third-order valence-electron chi connectivity index (χ3n) is 5.35. The molecule has 0 spiro atoms. The molecule has 1 aromatic heterocycles. The Kier molecular flexibility index (Phi) is 5.52. The molecule has 1 aromatic carbocycles. The summed E-state index contributed by atoms with van der Waals surface area (Å²) in [4.78, 5) is 19.5. The molecule has 2 aromatic rings. The van der Waals surface area contributed by atoms with Crippen molar-refractivity contribution >= 4 is 28.6 Å². The van der Waals surface area contributed by atoms with E-state index in [1.807, 2.05) is 34.9 Å². The average molecular weight is 374 g/mol. The fraction of sp³-hybridized carbons (Fsp3) is 0.550. The SMILES string of the molecule is CN1CCN(CCCN2C(=O)CCSC2c2cc3ccccc3o2)CC1. The minimum absolute atomic E-state index is 0.0103. The normalized spacial score (nSPS) is 23.0. The van der Waals surface area contributed by atoms with E-state index < -0.39 is 0 Å². The number of carbonyl (C=O) groups excluding carboxylic acids is 1. The number of rotatable bonds is 5. The Morgan fingerprint density at radius 2 is 1.96 bits per heavy atom. The molecule has 1 atom stereocenters. The third-order valence-corrected chi connectivity index (χ3v) is 6.59. The number of para-hydroxylation sites is 1. The van der Waals surface area contributed by atoms with Crippen LogP contribution in [-0.2, 0) is 4.79 Å². The van der Waals surface area contributed by atoms with Crippen LogP contribution in [0.2, 0.25) is 0 Å². The molecule has 2 fully saturated rings. The van der Waals surface area contributed by atoms with Crippen LogP contribution in [0.4, 0.5) is 0 Å². The lowest BCUT2D eigenvalue weighted by Gasteiger charge is -2.36. The number of benzene rings is 1. The molecule has 140 valence electrons. The maximum absolute atomic E-state index is 12.6. The van der Waals surface area contributed by atoms with E-state index in [0.29, 0.717) is 6.42 Å². The Bertz CT molecular complexity index is 721. The molecule has 0 bridgehead atoms. The summed E-state index contributed by atoms with van der Waals surface area (Å²) < 4.78 is 6.06. The van der Waals surface area contributed by atoms with Crippen molar-refractivity contribution in [3.8, 4) is 0 Å². The summed E-state index contributed by atoms with van der Waals surface area (Å²) >= 11 is 1.82. The fourth-order valence-corrected chi connectivity index (χ4v) is 4.96. The lowest BCUT2D eigenvalue weighted by Crippen LogP contribution is -2.45. The third kappa shape index (κ3) is 3.92. The van der Waals surface area contributed by atoms with Crippen molar-refractivity contribution in [2.45, 2.75) is 18.2 Å². The molecule has 0 N–H and O–H groups in total. The Morgan fingerprint density at radius 3 is 2.77 bits per heavy atom. The van der Waals surface area contributed by atoms with Gasteiger partial charge in [-0.3, -0.25) is 4.79 Å². The molecule has 26 heavy (non-hydrogen) atoms. The maximum Gasteiger partial charge on any atom is 0.224 e. The Hall–Kier alpha value is -1.50. The Balaban J connectivity index is 1.41. The van der Waals surface area contributed by atoms with E-state index in [1.54, 1.807) is 0 Å². The fourth-order valence-electron chi connectivity index (χ4n) is 3.76. The second-order valence-electron chi connectivity index (χ2n) is 7.25. The lowest BCUT2D eigenvalue weighted by molar-refractivity contribution is -0.132. The number of likely N-dealkylation sites (N-methyl/N-ethyl adjacent to an activating group) is 1. The van der Waals surface area contributed by atoms with E-state index in [2.05, 4.69) is 29.0 Å². The van der Waals surface area contributed by atoms with Gasteiger partial charge in [0.05, 0.1) is 0 Å². The van der Waals surface area contributed by atoms with Crippen LogP contribution in [0.5, 0.6) is 0 Å². The van der Waals surface area contributed by atoms with Crippen molar-refractivity contribution in [3.63, 3.8) is 0 Å². The van der Waals surface area contributed by atoms with Gasteiger partial charge in [0.25, 0.3) is 0 Å². The predicted molar refractivity (Wildman–Crippen MR) is 106 cm³/mol. The first-order chi connectivity index (χ1) is 12.7. The average Bonchev–Trinajstić information content (AvgIpc) is 3.08. The first-order valence-electron chi connectivity index (χ1n) is 9.51. The molecule has 2 aliphatic rings. The van der Waals surface area contributed by atoms with Crippen LogP contribution in [0, 0.1) is 0 Å². The highest BCUT2D eigenvalue weighted by Crippen LogP contribution is 2.39. The molecule has 1 amide bonds. The van der Waals surface area contributed by atoms with Crippen molar-refractivity contribution in [2.75, 3.05) is 52.1 Å². The number of hydrogen-bond acceptors (Lipinski definition) is 5. The van der Waals surface area contributed by atoms with E-state index in [-0.39, 0.29) is 11.3 Å². The molecule has 5 nitrogen and oxygen atoms in total. The molecule has 1 unspecified atom stereocenters. The molecule has 3 heterocycles. The number of piperazine rings is 1. The standard InChI is InChI=1S/C20H27N3O2S/c1-21-10-12-22(13-11-21)8-4-9-23-19(24)7-14-26-20(23)18-15-16-5-2-3-6-17(16)25-18/h2-3,5-6,15,20H,4,7-14H2,1H3. The summed E-state index contributed by atoms with van der Waals surface area (Å²) in [6.07, 6.45) is 1.66. The highest BCUT2D eigenvalue weighted by Gasteiger charge is 2.32. The summed E-state index contributed by atoms with van der Waals surface area (Å²) in [5.74, 6) is 2.03. The number of hydrogen-bond donors (Lipinski definition) is 0. The quantitative estimate of drug-likeness (QED) is 0.806. The lowest BCUT2D eigenvalue weighted by atomic mass is 10.2. The number of thioether (sulfide) groups is 1. The second-order valence-corrected chi connectivity index (χ2v) is 8.43. The topological polar surface area (TPSA) is 39.9 Å². The van der Waals surface area contributed by atoms with Crippen molar-refractivity contribution in [2.24, 2.45) is 0 Å². The summed E-state index contributed by atoms with van der Waals surface area (Å²) in [7, 11) is 2.18. The summed E-state index contributed by atoms with van der Waals surface area (Å²) in [5, 5.41) is 1.12. The van der Waals surface area contributed by atoms with Gasteiger partial charge in [0.1, 0.15) is 16.7 Å². The summed E-state index contributed by atoms with van der Waals surface area (Å²) in [6.45, 7) is 6.41. The number of carbonyl (C=O) groups is 1. The van der Waals surface area contributed by atoms with Gasteiger partial charge in [-0.15, -0.1) is 11.8 Å². The molecular weight excluding hydrogens is 346 g/mol. The number of furan rings is 1. The minimum Gasteiger partial charge on any atom is -0.458 e. The van der Waals surface area contributed by atoms with Crippen molar-refractivity contribution < 1.29 is 9.21 Å². The highest BCUT2D eigenvalue weighted by molar-refractivity contribution is 7.99. The molecule has 0 radical (unpaired) electrons. The smallest absolute Gasteiger partial charge is 0.224 e.